The first-order valence-electron chi connectivity index (χ1n) is 6.10. The zero-order valence-electron chi connectivity index (χ0n) is 10.1. The maximum Gasteiger partial charge on any atom is 0.307 e. The van der Waals surface area contributed by atoms with Gasteiger partial charge < -0.3 is 14.8 Å². The second kappa shape index (κ2) is 4.14. The first-order valence-corrected chi connectivity index (χ1v) is 6.10. The highest BCUT2D eigenvalue weighted by molar-refractivity contribution is 5.82. The summed E-state index contributed by atoms with van der Waals surface area (Å²) in [5.41, 5.74) is 2.00. The molecular weight excluding hydrogens is 230 g/mol. The van der Waals surface area contributed by atoms with Crippen molar-refractivity contribution in [1.82, 2.24) is 5.32 Å². The van der Waals surface area contributed by atoms with E-state index in [2.05, 4.69) is 5.32 Å². The number of carbonyl (C=O) groups is 1. The van der Waals surface area contributed by atoms with Gasteiger partial charge in [0.05, 0.1) is 5.92 Å². The third-order valence-corrected chi connectivity index (χ3v) is 3.57. The third-order valence-electron chi connectivity index (χ3n) is 3.57. The number of fused-ring (bicyclic) bond motifs is 1. The fourth-order valence-electron chi connectivity index (χ4n) is 2.68. The van der Waals surface area contributed by atoms with Crippen molar-refractivity contribution in [1.29, 1.82) is 0 Å². The Labute approximate surface area is 105 Å². The van der Waals surface area contributed by atoms with E-state index in [1.807, 2.05) is 31.2 Å². The SMILES string of the molecule is Cc1cc2c(C3CC(C(=O)O)CN3)cccc2o1. The van der Waals surface area contributed by atoms with Gasteiger partial charge in [0.25, 0.3) is 0 Å². The average Bonchev–Trinajstić information content (AvgIpc) is 2.92. The van der Waals surface area contributed by atoms with Crippen molar-refractivity contribution in [2.24, 2.45) is 5.92 Å². The van der Waals surface area contributed by atoms with Crippen LogP contribution in [0.4, 0.5) is 0 Å². The summed E-state index contributed by atoms with van der Waals surface area (Å²) in [6, 6.07) is 8.05. The number of carboxylic acid groups (broad SMARTS) is 1. The number of benzene rings is 1. The summed E-state index contributed by atoms with van der Waals surface area (Å²) in [7, 11) is 0. The van der Waals surface area contributed by atoms with Crippen LogP contribution in [0.15, 0.2) is 28.7 Å². The maximum atomic E-state index is 11.0. The van der Waals surface area contributed by atoms with Crippen molar-refractivity contribution in [3.63, 3.8) is 0 Å². The van der Waals surface area contributed by atoms with E-state index in [4.69, 9.17) is 9.52 Å². The molecule has 2 unspecified atom stereocenters. The van der Waals surface area contributed by atoms with E-state index in [0.717, 1.165) is 22.3 Å². The highest BCUT2D eigenvalue weighted by Crippen LogP contribution is 2.33. The minimum Gasteiger partial charge on any atom is -0.481 e. The fourth-order valence-corrected chi connectivity index (χ4v) is 2.68. The van der Waals surface area contributed by atoms with Gasteiger partial charge in [-0.05, 0) is 31.0 Å². The zero-order valence-corrected chi connectivity index (χ0v) is 10.1. The van der Waals surface area contributed by atoms with E-state index < -0.39 is 5.97 Å². The van der Waals surface area contributed by atoms with Gasteiger partial charge in [-0.25, -0.2) is 0 Å². The molecular formula is C14H15NO3. The predicted molar refractivity (Wildman–Crippen MR) is 67.4 cm³/mol. The predicted octanol–water partition coefficient (Wildman–Crippen LogP) is 2.48. The Kier molecular flexibility index (Phi) is 2.59. The van der Waals surface area contributed by atoms with Crippen molar-refractivity contribution >= 4 is 16.9 Å². The Morgan fingerprint density at radius 2 is 2.33 bits per heavy atom. The van der Waals surface area contributed by atoms with E-state index in [0.29, 0.717) is 13.0 Å². The Morgan fingerprint density at radius 3 is 3.06 bits per heavy atom. The summed E-state index contributed by atoms with van der Waals surface area (Å²) in [5, 5.41) is 13.4. The maximum absolute atomic E-state index is 11.0. The lowest BCUT2D eigenvalue weighted by molar-refractivity contribution is -0.141. The fraction of sp³-hybridized carbons (Fsp3) is 0.357. The molecule has 1 aliphatic rings. The minimum atomic E-state index is -0.722. The lowest BCUT2D eigenvalue weighted by Gasteiger charge is -2.11. The molecule has 0 saturated carbocycles. The topological polar surface area (TPSA) is 62.5 Å². The smallest absolute Gasteiger partial charge is 0.307 e. The summed E-state index contributed by atoms with van der Waals surface area (Å²) in [4.78, 5) is 11.0. The van der Waals surface area contributed by atoms with E-state index in [9.17, 15) is 4.79 Å². The molecule has 4 heteroatoms. The zero-order chi connectivity index (χ0) is 12.7. The highest BCUT2D eigenvalue weighted by Gasteiger charge is 2.31. The molecule has 1 fully saturated rings. The molecule has 0 bridgehead atoms. The number of hydrogen-bond acceptors (Lipinski definition) is 3. The molecule has 2 aromatic rings. The number of aliphatic carboxylic acids is 1. The molecule has 0 radical (unpaired) electrons. The van der Waals surface area contributed by atoms with Crippen molar-refractivity contribution in [3.05, 3.63) is 35.6 Å². The lowest BCUT2D eigenvalue weighted by atomic mass is 9.97. The number of furan rings is 1. The molecule has 2 N–H and O–H groups in total. The summed E-state index contributed by atoms with van der Waals surface area (Å²) in [6.45, 7) is 2.46. The van der Waals surface area contributed by atoms with Crippen LogP contribution in [-0.2, 0) is 4.79 Å². The van der Waals surface area contributed by atoms with E-state index >= 15 is 0 Å². The Morgan fingerprint density at radius 1 is 1.50 bits per heavy atom. The van der Waals surface area contributed by atoms with Crippen LogP contribution in [-0.4, -0.2) is 17.6 Å². The van der Waals surface area contributed by atoms with Crippen molar-refractivity contribution in [2.75, 3.05) is 6.54 Å². The lowest BCUT2D eigenvalue weighted by Crippen LogP contribution is -2.17. The summed E-state index contributed by atoms with van der Waals surface area (Å²) in [6.07, 6.45) is 0.638. The highest BCUT2D eigenvalue weighted by atomic mass is 16.4. The quantitative estimate of drug-likeness (QED) is 0.853. The molecule has 0 amide bonds. The summed E-state index contributed by atoms with van der Waals surface area (Å²) in [5.74, 6) is -0.135. The van der Waals surface area contributed by atoms with Gasteiger partial charge in [0.15, 0.2) is 0 Å². The van der Waals surface area contributed by atoms with Gasteiger partial charge in [0.2, 0.25) is 0 Å². The molecule has 1 aliphatic heterocycles. The Hall–Kier alpha value is -1.81. The molecule has 3 rings (SSSR count). The number of aryl methyl sites for hydroxylation is 1. The summed E-state index contributed by atoms with van der Waals surface area (Å²) < 4.78 is 5.60. The van der Waals surface area contributed by atoms with Crippen molar-refractivity contribution < 1.29 is 14.3 Å². The first kappa shape index (κ1) is 11.3. The molecule has 1 aromatic carbocycles. The first-order chi connectivity index (χ1) is 8.65. The Balaban J connectivity index is 1.98. The van der Waals surface area contributed by atoms with Crippen molar-refractivity contribution in [2.45, 2.75) is 19.4 Å². The van der Waals surface area contributed by atoms with Gasteiger partial charge >= 0.3 is 5.97 Å². The van der Waals surface area contributed by atoms with Crippen LogP contribution in [0.5, 0.6) is 0 Å². The van der Waals surface area contributed by atoms with Gasteiger partial charge in [-0.15, -0.1) is 0 Å². The van der Waals surface area contributed by atoms with Gasteiger partial charge in [-0.1, -0.05) is 12.1 Å². The van der Waals surface area contributed by atoms with Gasteiger partial charge in [-0.2, -0.15) is 0 Å². The molecule has 2 heterocycles. The average molecular weight is 245 g/mol. The van der Waals surface area contributed by atoms with Crippen LogP contribution >= 0.6 is 0 Å². The molecule has 94 valence electrons. The van der Waals surface area contributed by atoms with Gasteiger partial charge in [-0.3, -0.25) is 4.79 Å². The monoisotopic (exact) mass is 245 g/mol. The number of hydrogen-bond donors (Lipinski definition) is 2. The summed E-state index contributed by atoms with van der Waals surface area (Å²) >= 11 is 0. The number of rotatable bonds is 2. The molecule has 18 heavy (non-hydrogen) atoms. The van der Waals surface area contributed by atoms with E-state index in [-0.39, 0.29) is 12.0 Å². The standard InChI is InChI=1S/C14H15NO3/c1-8-5-11-10(3-2-4-13(11)18-8)12-6-9(7-15-12)14(16)17/h2-5,9,12,15H,6-7H2,1H3,(H,16,17). The Bertz CT molecular complexity index is 602. The molecule has 0 aliphatic carbocycles. The normalized spacial score (nSPS) is 23.6. The van der Waals surface area contributed by atoms with E-state index in [1.54, 1.807) is 0 Å². The van der Waals surface area contributed by atoms with Crippen LogP contribution in [0.2, 0.25) is 0 Å². The van der Waals surface area contributed by atoms with Crippen LogP contribution in [0.3, 0.4) is 0 Å². The van der Waals surface area contributed by atoms with Crippen LogP contribution in [0.1, 0.15) is 23.8 Å². The van der Waals surface area contributed by atoms with Crippen LogP contribution in [0.25, 0.3) is 11.0 Å². The number of carboxylic acids is 1. The molecule has 4 nitrogen and oxygen atoms in total. The molecule has 2 atom stereocenters. The number of nitrogens with one attached hydrogen (secondary N) is 1. The van der Waals surface area contributed by atoms with Gasteiger partial charge in [0.1, 0.15) is 11.3 Å². The molecule has 0 spiro atoms. The van der Waals surface area contributed by atoms with E-state index in [1.165, 1.54) is 0 Å². The second-order valence-electron chi connectivity index (χ2n) is 4.85. The molecule has 1 saturated heterocycles. The van der Waals surface area contributed by atoms with Crippen LogP contribution < -0.4 is 5.32 Å². The molecule has 1 aromatic heterocycles. The largest absolute Gasteiger partial charge is 0.481 e. The second-order valence-corrected chi connectivity index (χ2v) is 4.85. The third kappa shape index (κ3) is 1.78. The van der Waals surface area contributed by atoms with Gasteiger partial charge in [0, 0.05) is 18.0 Å². The minimum absolute atomic E-state index is 0.104. The van der Waals surface area contributed by atoms with Crippen LogP contribution in [0, 0.1) is 12.8 Å². The van der Waals surface area contributed by atoms with Crippen molar-refractivity contribution in [3.8, 4) is 0 Å².